The summed E-state index contributed by atoms with van der Waals surface area (Å²) in [5.41, 5.74) is 1.58. The molecule has 1 unspecified atom stereocenters. The molecule has 1 atom stereocenters. The maximum atomic E-state index is 13.1. The highest BCUT2D eigenvalue weighted by Crippen LogP contribution is 2.28. The summed E-state index contributed by atoms with van der Waals surface area (Å²) in [6, 6.07) is 14.9. The van der Waals surface area contributed by atoms with Crippen LogP contribution in [0.4, 0.5) is 0 Å². The van der Waals surface area contributed by atoms with E-state index in [4.69, 9.17) is 9.47 Å². The number of likely N-dealkylation sites (tertiary alicyclic amines) is 1. The molecule has 33 heavy (non-hydrogen) atoms. The van der Waals surface area contributed by atoms with Gasteiger partial charge in [-0.15, -0.1) is 0 Å². The van der Waals surface area contributed by atoms with E-state index in [1.807, 2.05) is 30.3 Å². The number of hydrogen-bond acceptors (Lipinski definition) is 5. The molecule has 2 aliphatic rings. The Bertz CT molecular complexity index is 1020. The average molecular weight is 452 g/mol. The summed E-state index contributed by atoms with van der Waals surface area (Å²) in [5, 5.41) is 0. The van der Waals surface area contributed by atoms with Crippen LogP contribution in [-0.4, -0.2) is 79.4 Å². The molecule has 2 fully saturated rings. The molecular formula is C25H29N3O5. The van der Waals surface area contributed by atoms with E-state index in [0.29, 0.717) is 56.3 Å². The lowest BCUT2D eigenvalue weighted by Crippen LogP contribution is -2.52. The first-order chi connectivity index (χ1) is 16.0. The molecule has 0 N–H and O–H groups in total. The van der Waals surface area contributed by atoms with Crippen LogP contribution in [0.2, 0.25) is 0 Å². The van der Waals surface area contributed by atoms with Crippen LogP contribution in [0.5, 0.6) is 11.5 Å². The minimum Gasteiger partial charge on any atom is -0.493 e. The maximum Gasteiger partial charge on any atom is 0.254 e. The lowest BCUT2D eigenvalue weighted by molar-refractivity contribution is -0.137. The topological polar surface area (TPSA) is 79.4 Å². The molecular weight excluding hydrogens is 422 g/mol. The van der Waals surface area contributed by atoms with Crippen LogP contribution in [0.15, 0.2) is 48.5 Å². The number of ether oxygens (including phenoxy) is 2. The Morgan fingerprint density at radius 3 is 2.24 bits per heavy atom. The lowest BCUT2D eigenvalue weighted by atomic mass is 10.1. The zero-order valence-corrected chi connectivity index (χ0v) is 19.0. The third kappa shape index (κ3) is 4.94. The van der Waals surface area contributed by atoms with Gasteiger partial charge in [0.15, 0.2) is 11.5 Å². The SMILES string of the molecule is COc1ccc(C(=O)N2CCN(C(=O)C3CC(=O)N(Cc4ccccc4)C3)CC2)cc1OC. The largest absolute Gasteiger partial charge is 0.493 e. The number of nitrogens with zero attached hydrogens (tertiary/aromatic N) is 3. The summed E-state index contributed by atoms with van der Waals surface area (Å²) < 4.78 is 10.5. The Kier molecular flexibility index (Phi) is 6.82. The fourth-order valence-corrected chi connectivity index (χ4v) is 4.43. The highest BCUT2D eigenvalue weighted by molar-refractivity contribution is 5.95. The summed E-state index contributed by atoms with van der Waals surface area (Å²) in [7, 11) is 3.08. The van der Waals surface area contributed by atoms with Crippen molar-refractivity contribution in [2.24, 2.45) is 5.92 Å². The number of methoxy groups -OCH3 is 2. The minimum absolute atomic E-state index is 0.00266. The van der Waals surface area contributed by atoms with E-state index in [0.717, 1.165) is 5.56 Å². The summed E-state index contributed by atoms with van der Waals surface area (Å²) in [4.78, 5) is 43.7. The van der Waals surface area contributed by atoms with Crippen molar-refractivity contribution in [2.75, 3.05) is 46.9 Å². The van der Waals surface area contributed by atoms with E-state index in [1.165, 1.54) is 7.11 Å². The van der Waals surface area contributed by atoms with Crippen molar-refractivity contribution in [1.82, 2.24) is 14.7 Å². The average Bonchev–Trinajstić information content (AvgIpc) is 3.23. The molecule has 0 aromatic heterocycles. The van der Waals surface area contributed by atoms with Gasteiger partial charge in [0.05, 0.1) is 20.1 Å². The first kappa shape index (κ1) is 22.6. The van der Waals surface area contributed by atoms with Crippen molar-refractivity contribution in [1.29, 1.82) is 0 Å². The second-order valence-corrected chi connectivity index (χ2v) is 8.35. The molecule has 0 radical (unpaired) electrons. The smallest absolute Gasteiger partial charge is 0.254 e. The number of hydrogen-bond donors (Lipinski definition) is 0. The van der Waals surface area contributed by atoms with E-state index >= 15 is 0 Å². The molecule has 174 valence electrons. The van der Waals surface area contributed by atoms with Crippen LogP contribution >= 0.6 is 0 Å². The van der Waals surface area contributed by atoms with Crippen LogP contribution < -0.4 is 9.47 Å². The van der Waals surface area contributed by atoms with Gasteiger partial charge in [-0.3, -0.25) is 14.4 Å². The monoisotopic (exact) mass is 451 g/mol. The van der Waals surface area contributed by atoms with Gasteiger partial charge >= 0.3 is 0 Å². The summed E-state index contributed by atoms with van der Waals surface area (Å²) in [6.07, 6.45) is 0.246. The zero-order chi connectivity index (χ0) is 23.4. The Morgan fingerprint density at radius 2 is 1.58 bits per heavy atom. The number of piperazine rings is 1. The molecule has 2 aliphatic heterocycles. The van der Waals surface area contributed by atoms with Crippen LogP contribution in [0.3, 0.4) is 0 Å². The summed E-state index contributed by atoms with van der Waals surface area (Å²) >= 11 is 0. The third-order valence-electron chi connectivity index (χ3n) is 6.29. The molecule has 2 aromatic rings. The van der Waals surface area contributed by atoms with Gasteiger partial charge in [0.25, 0.3) is 5.91 Å². The standard InChI is InChI=1S/C25H29N3O5/c1-32-21-9-8-19(14-22(21)33-2)24(30)26-10-12-27(13-11-26)25(31)20-15-23(29)28(17-20)16-18-6-4-3-5-7-18/h3-9,14,20H,10-13,15-17H2,1-2H3. The van der Waals surface area contributed by atoms with Crippen molar-refractivity contribution >= 4 is 17.7 Å². The molecule has 4 rings (SSSR count). The molecule has 2 saturated heterocycles. The highest BCUT2D eigenvalue weighted by Gasteiger charge is 2.37. The molecule has 0 saturated carbocycles. The van der Waals surface area contributed by atoms with Gasteiger partial charge in [0.2, 0.25) is 11.8 Å². The third-order valence-corrected chi connectivity index (χ3v) is 6.29. The molecule has 0 bridgehead atoms. The van der Waals surface area contributed by atoms with Crippen LogP contribution in [0.25, 0.3) is 0 Å². The molecule has 0 aliphatic carbocycles. The van der Waals surface area contributed by atoms with E-state index in [2.05, 4.69) is 0 Å². The maximum absolute atomic E-state index is 13.1. The molecule has 2 aromatic carbocycles. The highest BCUT2D eigenvalue weighted by atomic mass is 16.5. The molecule has 8 heteroatoms. The Balaban J connectivity index is 1.32. The fraction of sp³-hybridized carbons (Fsp3) is 0.400. The van der Waals surface area contributed by atoms with Crippen LogP contribution in [-0.2, 0) is 16.1 Å². The van der Waals surface area contributed by atoms with Crippen molar-refractivity contribution in [3.8, 4) is 11.5 Å². The van der Waals surface area contributed by atoms with Crippen molar-refractivity contribution in [3.05, 3.63) is 59.7 Å². The number of amides is 3. The quantitative estimate of drug-likeness (QED) is 0.672. The molecule has 8 nitrogen and oxygen atoms in total. The normalized spacial score (nSPS) is 18.4. The molecule has 0 spiro atoms. The Labute approximate surface area is 193 Å². The van der Waals surface area contributed by atoms with E-state index in [9.17, 15) is 14.4 Å². The number of carbonyl (C=O) groups excluding carboxylic acids is 3. The number of benzene rings is 2. The van der Waals surface area contributed by atoms with Gasteiger partial charge in [-0.1, -0.05) is 30.3 Å². The fourth-order valence-electron chi connectivity index (χ4n) is 4.43. The molecule has 2 heterocycles. The first-order valence-electron chi connectivity index (χ1n) is 11.1. The van der Waals surface area contributed by atoms with E-state index in [-0.39, 0.29) is 30.1 Å². The summed E-state index contributed by atoms with van der Waals surface area (Å²) in [5.74, 6) is 0.652. The summed E-state index contributed by atoms with van der Waals surface area (Å²) in [6.45, 7) is 2.79. The van der Waals surface area contributed by atoms with Crippen molar-refractivity contribution in [2.45, 2.75) is 13.0 Å². The molecule has 3 amide bonds. The van der Waals surface area contributed by atoms with Gasteiger partial charge in [-0.05, 0) is 23.8 Å². The van der Waals surface area contributed by atoms with Gasteiger partial charge in [0, 0.05) is 51.3 Å². The van der Waals surface area contributed by atoms with E-state index in [1.54, 1.807) is 40.0 Å². The van der Waals surface area contributed by atoms with Gasteiger partial charge in [0.1, 0.15) is 0 Å². The first-order valence-corrected chi connectivity index (χ1v) is 11.1. The van der Waals surface area contributed by atoms with Gasteiger partial charge in [-0.2, -0.15) is 0 Å². The second kappa shape index (κ2) is 9.94. The Hall–Kier alpha value is -3.55. The number of rotatable bonds is 6. The van der Waals surface area contributed by atoms with Crippen LogP contribution in [0.1, 0.15) is 22.3 Å². The predicted octanol–water partition coefficient (Wildman–Crippen LogP) is 2.04. The van der Waals surface area contributed by atoms with Crippen LogP contribution in [0, 0.1) is 5.92 Å². The zero-order valence-electron chi connectivity index (χ0n) is 19.0. The number of carbonyl (C=O) groups is 3. The van der Waals surface area contributed by atoms with Gasteiger partial charge in [-0.25, -0.2) is 0 Å². The second-order valence-electron chi connectivity index (χ2n) is 8.35. The van der Waals surface area contributed by atoms with Gasteiger partial charge < -0.3 is 24.2 Å². The predicted molar refractivity (Wildman–Crippen MR) is 122 cm³/mol. The lowest BCUT2D eigenvalue weighted by Gasteiger charge is -2.36. The minimum atomic E-state index is -0.325. The van der Waals surface area contributed by atoms with Crippen molar-refractivity contribution in [3.63, 3.8) is 0 Å². The van der Waals surface area contributed by atoms with Crippen molar-refractivity contribution < 1.29 is 23.9 Å². The Morgan fingerprint density at radius 1 is 0.909 bits per heavy atom. The van der Waals surface area contributed by atoms with E-state index < -0.39 is 0 Å².